The third-order valence-corrected chi connectivity index (χ3v) is 5.67. The number of hydrazine groups is 1. The predicted octanol–water partition coefficient (Wildman–Crippen LogP) is 1.47. The van der Waals surface area contributed by atoms with Gasteiger partial charge >= 0.3 is 11.2 Å². The molecule has 0 spiro atoms. The SMILES string of the molecule is NNc1sc(S(=O)(=O)NCCSC(F)(F)F)cc1[N+](=O)[O-]. The fourth-order valence-corrected chi connectivity index (χ4v) is 4.02. The number of nitrogen functional groups attached to an aromatic ring is 1. The van der Waals surface area contributed by atoms with Gasteiger partial charge in [0.15, 0.2) is 5.00 Å². The van der Waals surface area contributed by atoms with Crippen LogP contribution >= 0.6 is 23.1 Å². The van der Waals surface area contributed by atoms with E-state index < -0.39 is 42.6 Å². The number of alkyl halides is 3. The summed E-state index contributed by atoms with van der Waals surface area (Å²) in [6.45, 7) is -0.469. The summed E-state index contributed by atoms with van der Waals surface area (Å²) < 4.78 is 60.7. The number of thiophene rings is 1. The Morgan fingerprint density at radius 3 is 2.52 bits per heavy atom. The summed E-state index contributed by atoms with van der Waals surface area (Å²) in [5.41, 5.74) is -3.00. The van der Waals surface area contributed by atoms with Gasteiger partial charge in [0.1, 0.15) is 4.21 Å². The van der Waals surface area contributed by atoms with Crippen molar-refractivity contribution in [2.45, 2.75) is 9.72 Å². The van der Waals surface area contributed by atoms with Crippen LogP contribution in [0, 0.1) is 10.1 Å². The zero-order valence-electron chi connectivity index (χ0n) is 10.0. The quantitative estimate of drug-likeness (QED) is 0.289. The molecule has 0 saturated carbocycles. The summed E-state index contributed by atoms with van der Waals surface area (Å²) in [6.07, 6.45) is 0. The number of sulfonamides is 1. The molecular weight excluding hydrogens is 357 g/mol. The van der Waals surface area contributed by atoms with Gasteiger partial charge in [-0.05, 0) is 11.8 Å². The first-order valence-electron chi connectivity index (χ1n) is 5.02. The number of nitrogens with zero attached hydrogens (tertiary/aromatic N) is 1. The fraction of sp³-hybridized carbons (Fsp3) is 0.429. The molecule has 0 amide bonds. The van der Waals surface area contributed by atoms with Crippen LogP contribution < -0.4 is 16.0 Å². The van der Waals surface area contributed by atoms with Crippen LogP contribution in [0.15, 0.2) is 10.3 Å². The number of anilines is 1. The summed E-state index contributed by atoms with van der Waals surface area (Å²) in [5.74, 6) is 4.51. The molecule has 1 aromatic rings. The number of hydrogen-bond donors (Lipinski definition) is 3. The van der Waals surface area contributed by atoms with Crippen molar-refractivity contribution >= 4 is 43.8 Å². The summed E-state index contributed by atoms with van der Waals surface area (Å²) in [4.78, 5) is 9.84. The van der Waals surface area contributed by atoms with E-state index in [9.17, 15) is 31.7 Å². The molecule has 1 rings (SSSR count). The topological polar surface area (TPSA) is 127 Å². The first kappa shape index (κ1) is 18.0. The van der Waals surface area contributed by atoms with Crippen molar-refractivity contribution in [2.75, 3.05) is 17.7 Å². The Hall–Kier alpha value is -1.09. The van der Waals surface area contributed by atoms with Gasteiger partial charge in [-0.15, -0.1) is 0 Å². The lowest BCUT2D eigenvalue weighted by Crippen LogP contribution is -2.26. The van der Waals surface area contributed by atoms with Crippen molar-refractivity contribution < 1.29 is 26.5 Å². The molecule has 0 unspecified atom stereocenters. The van der Waals surface area contributed by atoms with Crippen molar-refractivity contribution in [3.63, 3.8) is 0 Å². The molecule has 14 heteroatoms. The highest BCUT2D eigenvalue weighted by atomic mass is 32.2. The van der Waals surface area contributed by atoms with Gasteiger partial charge in [-0.1, -0.05) is 11.3 Å². The third-order valence-electron chi connectivity index (χ3n) is 1.94. The highest BCUT2D eigenvalue weighted by molar-refractivity contribution is 8.00. The minimum Gasteiger partial charge on any atom is -0.310 e. The van der Waals surface area contributed by atoms with Gasteiger partial charge in [0.25, 0.3) is 0 Å². The summed E-state index contributed by atoms with van der Waals surface area (Å²) >= 11 is 0.124. The van der Waals surface area contributed by atoms with Crippen LogP contribution in [-0.4, -0.2) is 31.1 Å². The molecule has 0 aliphatic carbocycles. The monoisotopic (exact) mass is 366 g/mol. The maximum Gasteiger partial charge on any atom is 0.441 e. The average Bonchev–Trinajstić information content (AvgIpc) is 2.78. The van der Waals surface area contributed by atoms with Crippen LogP contribution in [0.4, 0.5) is 23.9 Å². The molecule has 0 aliphatic heterocycles. The van der Waals surface area contributed by atoms with Crippen molar-refractivity contribution in [3.05, 3.63) is 16.2 Å². The summed E-state index contributed by atoms with van der Waals surface area (Å²) in [6, 6.07) is 0.777. The van der Waals surface area contributed by atoms with Crippen LogP contribution in [0.1, 0.15) is 0 Å². The molecule has 0 atom stereocenters. The molecule has 1 aromatic heterocycles. The maximum absolute atomic E-state index is 11.9. The lowest BCUT2D eigenvalue weighted by molar-refractivity contribution is -0.383. The van der Waals surface area contributed by atoms with E-state index in [1.54, 1.807) is 0 Å². The molecule has 21 heavy (non-hydrogen) atoms. The molecular formula is C7H9F3N4O4S3. The minimum atomic E-state index is -4.45. The van der Waals surface area contributed by atoms with E-state index in [0.29, 0.717) is 11.3 Å². The highest BCUT2D eigenvalue weighted by Crippen LogP contribution is 2.36. The van der Waals surface area contributed by atoms with Gasteiger partial charge in [0.2, 0.25) is 10.0 Å². The Labute approximate surface area is 125 Å². The number of nitrogens with one attached hydrogen (secondary N) is 2. The number of nitrogens with two attached hydrogens (primary N) is 1. The molecule has 0 saturated heterocycles. The first-order chi connectivity index (χ1) is 9.57. The zero-order valence-corrected chi connectivity index (χ0v) is 12.5. The largest absolute Gasteiger partial charge is 0.441 e. The van der Waals surface area contributed by atoms with Crippen LogP contribution in [-0.2, 0) is 10.0 Å². The lowest BCUT2D eigenvalue weighted by atomic mass is 10.5. The van der Waals surface area contributed by atoms with Crippen molar-refractivity contribution in [2.24, 2.45) is 5.84 Å². The summed E-state index contributed by atoms with van der Waals surface area (Å²) in [7, 11) is -4.14. The van der Waals surface area contributed by atoms with Crippen LogP contribution in [0.3, 0.4) is 0 Å². The van der Waals surface area contributed by atoms with E-state index in [0.717, 1.165) is 6.07 Å². The Bertz CT molecular complexity index is 615. The molecule has 1 heterocycles. The van der Waals surface area contributed by atoms with Gasteiger partial charge in [-0.2, -0.15) is 13.2 Å². The smallest absolute Gasteiger partial charge is 0.310 e. The molecule has 0 fully saturated rings. The number of halogens is 3. The van der Waals surface area contributed by atoms with Crippen LogP contribution in [0.5, 0.6) is 0 Å². The molecule has 120 valence electrons. The molecule has 4 N–H and O–H groups in total. The predicted molar refractivity (Wildman–Crippen MR) is 72.5 cm³/mol. The van der Waals surface area contributed by atoms with Crippen molar-refractivity contribution in [3.8, 4) is 0 Å². The van der Waals surface area contributed by atoms with Gasteiger partial charge in [0, 0.05) is 18.4 Å². The van der Waals surface area contributed by atoms with E-state index in [1.807, 2.05) is 10.1 Å². The Morgan fingerprint density at radius 1 is 1.48 bits per heavy atom. The molecule has 8 nitrogen and oxygen atoms in total. The van der Waals surface area contributed by atoms with Crippen LogP contribution in [0.2, 0.25) is 0 Å². The van der Waals surface area contributed by atoms with E-state index in [4.69, 9.17) is 5.84 Å². The number of rotatable bonds is 7. The van der Waals surface area contributed by atoms with Gasteiger partial charge in [-0.3, -0.25) is 10.1 Å². The first-order valence-corrected chi connectivity index (χ1v) is 8.30. The normalized spacial score (nSPS) is 12.4. The molecule has 0 bridgehead atoms. The maximum atomic E-state index is 11.9. The fourth-order valence-electron chi connectivity index (χ4n) is 1.14. The van der Waals surface area contributed by atoms with Gasteiger partial charge in [-0.25, -0.2) is 19.0 Å². The highest BCUT2D eigenvalue weighted by Gasteiger charge is 2.29. The van der Waals surface area contributed by atoms with E-state index in [2.05, 4.69) is 0 Å². The molecule has 0 radical (unpaired) electrons. The average molecular weight is 366 g/mol. The lowest BCUT2D eigenvalue weighted by Gasteiger charge is -2.06. The second-order valence-corrected chi connectivity index (χ2v) is 7.58. The third kappa shape index (κ3) is 5.31. The van der Waals surface area contributed by atoms with E-state index >= 15 is 0 Å². The number of nitro groups is 1. The Morgan fingerprint density at radius 2 is 2.10 bits per heavy atom. The molecule has 0 aromatic carbocycles. The van der Waals surface area contributed by atoms with Crippen molar-refractivity contribution in [1.29, 1.82) is 0 Å². The zero-order chi connectivity index (χ0) is 16.3. The van der Waals surface area contributed by atoms with E-state index in [1.165, 1.54) is 0 Å². The second-order valence-electron chi connectivity index (χ2n) is 3.37. The Kier molecular flexibility index (Phi) is 5.80. The number of hydrogen-bond acceptors (Lipinski definition) is 8. The standard InChI is InChI=1S/C7H9F3N4O4S3/c8-7(9,10)19-2-1-12-21(17,18)5-3-4(14(15)16)6(13-11)20-5/h3,12-13H,1-2,11H2. The van der Waals surface area contributed by atoms with Gasteiger partial charge in [0.05, 0.1) is 4.92 Å². The van der Waals surface area contributed by atoms with Crippen LogP contribution in [0.25, 0.3) is 0 Å². The van der Waals surface area contributed by atoms with E-state index in [-0.39, 0.29) is 16.8 Å². The number of thioether (sulfide) groups is 1. The van der Waals surface area contributed by atoms with Crippen molar-refractivity contribution in [1.82, 2.24) is 4.72 Å². The second kappa shape index (κ2) is 6.78. The van der Waals surface area contributed by atoms with Gasteiger partial charge < -0.3 is 5.43 Å². The minimum absolute atomic E-state index is 0.176. The molecule has 0 aliphatic rings. The Balaban J connectivity index is 2.77. The summed E-state index contributed by atoms with van der Waals surface area (Å²) in [5, 5.41) is 10.5.